The van der Waals surface area contributed by atoms with Gasteiger partial charge in [-0.3, -0.25) is 0 Å². The lowest BCUT2D eigenvalue weighted by Gasteiger charge is -2.12. The van der Waals surface area contributed by atoms with Gasteiger partial charge in [-0.1, -0.05) is 30.3 Å². The fraction of sp³-hybridized carbons (Fsp3) is 0.267. The van der Waals surface area contributed by atoms with Crippen LogP contribution in [0.2, 0.25) is 0 Å². The van der Waals surface area contributed by atoms with Crippen molar-refractivity contribution >= 4 is 10.0 Å². The van der Waals surface area contributed by atoms with Gasteiger partial charge in [0.15, 0.2) is 5.03 Å². The first-order valence-corrected chi connectivity index (χ1v) is 8.22. The molecule has 1 aliphatic carbocycles. The standard InChI is InChI=1S/C15H16N2O3S/c18-10-11-5-6-15(16-9-11)21(19,20)17-14-7-12-3-1-2-4-13(12)8-14/h1-6,9,14,17-18H,7-8,10H2. The predicted molar refractivity (Wildman–Crippen MR) is 78.1 cm³/mol. The molecule has 1 heterocycles. The fourth-order valence-electron chi connectivity index (χ4n) is 2.59. The SMILES string of the molecule is O=S(=O)(NC1Cc2ccccc2C1)c1ccc(CO)cn1. The molecule has 0 radical (unpaired) electrons. The van der Waals surface area contributed by atoms with Crippen molar-refractivity contribution in [2.45, 2.75) is 30.5 Å². The van der Waals surface area contributed by atoms with Crippen molar-refractivity contribution in [2.24, 2.45) is 0 Å². The summed E-state index contributed by atoms with van der Waals surface area (Å²) in [4.78, 5) is 3.90. The molecular formula is C15H16N2O3S. The molecule has 0 atom stereocenters. The highest BCUT2D eigenvalue weighted by Gasteiger charge is 2.26. The van der Waals surface area contributed by atoms with Crippen LogP contribution in [0.15, 0.2) is 47.6 Å². The number of fused-ring (bicyclic) bond motifs is 1. The van der Waals surface area contributed by atoms with E-state index in [1.807, 2.05) is 24.3 Å². The highest BCUT2D eigenvalue weighted by Crippen LogP contribution is 2.22. The lowest BCUT2D eigenvalue weighted by atomic mass is 10.1. The largest absolute Gasteiger partial charge is 0.392 e. The normalized spacial score (nSPS) is 15.1. The van der Waals surface area contributed by atoms with E-state index in [4.69, 9.17) is 5.11 Å². The molecule has 0 saturated carbocycles. The summed E-state index contributed by atoms with van der Waals surface area (Å²) in [7, 11) is -3.63. The Morgan fingerprint density at radius 3 is 2.33 bits per heavy atom. The lowest BCUT2D eigenvalue weighted by Crippen LogP contribution is -2.35. The Morgan fingerprint density at radius 1 is 1.14 bits per heavy atom. The molecule has 0 saturated heterocycles. The van der Waals surface area contributed by atoms with Gasteiger partial charge in [-0.2, -0.15) is 0 Å². The van der Waals surface area contributed by atoms with E-state index < -0.39 is 10.0 Å². The first-order chi connectivity index (χ1) is 10.1. The average molecular weight is 304 g/mol. The molecule has 6 heteroatoms. The van der Waals surface area contributed by atoms with Crippen molar-refractivity contribution in [3.05, 3.63) is 59.3 Å². The fourth-order valence-corrected chi connectivity index (χ4v) is 3.75. The number of hydrogen-bond donors (Lipinski definition) is 2. The molecule has 0 fully saturated rings. The Bertz CT molecular complexity index is 717. The Kier molecular flexibility index (Phi) is 3.75. The van der Waals surface area contributed by atoms with E-state index in [9.17, 15) is 8.42 Å². The maximum Gasteiger partial charge on any atom is 0.258 e. The second-order valence-electron chi connectivity index (χ2n) is 5.16. The topological polar surface area (TPSA) is 79.3 Å². The summed E-state index contributed by atoms with van der Waals surface area (Å²) < 4.78 is 27.3. The van der Waals surface area contributed by atoms with Gasteiger partial charge >= 0.3 is 0 Å². The summed E-state index contributed by atoms with van der Waals surface area (Å²) in [6.45, 7) is -0.154. The molecule has 2 N–H and O–H groups in total. The van der Waals surface area contributed by atoms with Gasteiger partial charge in [0.2, 0.25) is 0 Å². The number of sulfonamides is 1. The number of aromatic nitrogens is 1. The Hall–Kier alpha value is -1.76. The molecule has 3 rings (SSSR count). The molecule has 21 heavy (non-hydrogen) atoms. The zero-order chi connectivity index (χ0) is 14.9. The zero-order valence-electron chi connectivity index (χ0n) is 11.4. The molecule has 1 aromatic heterocycles. The second kappa shape index (κ2) is 5.55. The number of rotatable bonds is 4. The van der Waals surface area contributed by atoms with E-state index in [2.05, 4.69) is 9.71 Å². The van der Waals surface area contributed by atoms with Crippen molar-refractivity contribution in [3.8, 4) is 0 Å². The highest BCUT2D eigenvalue weighted by atomic mass is 32.2. The van der Waals surface area contributed by atoms with E-state index in [-0.39, 0.29) is 17.7 Å². The number of nitrogens with zero attached hydrogens (tertiary/aromatic N) is 1. The average Bonchev–Trinajstić information content (AvgIpc) is 2.88. The van der Waals surface area contributed by atoms with Crippen LogP contribution < -0.4 is 4.72 Å². The van der Waals surface area contributed by atoms with Crippen molar-refractivity contribution < 1.29 is 13.5 Å². The van der Waals surface area contributed by atoms with Crippen LogP contribution in [-0.2, 0) is 29.5 Å². The molecule has 110 valence electrons. The number of aliphatic hydroxyl groups is 1. The monoisotopic (exact) mass is 304 g/mol. The van der Waals surface area contributed by atoms with Gasteiger partial charge < -0.3 is 5.11 Å². The number of nitrogens with one attached hydrogen (secondary N) is 1. The molecule has 5 nitrogen and oxygen atoms in total. The Labute approximate surface area is 123 Å². The molecule has 0 spiro atoms. The van der Waals surface area contributed by atoms with Crippen LogP contribution in [0.1, 0.15) is 16.7 Å². The van der Waals surface area contributed by atoms with Gasteiger partial charge in [-0.15, -0.1) is 0 Å². The first kappa shape index (κ1) is 14.2. The molecule has 0 aliphatic heterocycles. The van der Waals surface area contributed by atoms with Crippen LogP contribution in [0.5, 0.6) is 0 Å². The third kappa shape index (κ3) is 2.97. The number of benzene rings is 1. The summed E-state index contributed by atoms with van der Waals surface area (Å²) in [5.74, 6) is 0. The van der Waals surface area contributed by atoms with Crippen LogP contribution in [0.25, 0.3) is 0 Å². The van der Waals surface area contributed by atoms with E-state index in [1.54, 1.807) is 6.07 Å². The van der Waals surface area contributed by atoms with E-state index >= 15 is 0 Å². The molecular weight excluding hydrogens is 288 g/mol. The highest BCUT2D eigenvalue weighted by molar-refractivity contribution is 7.89. The van der Waals surface area contributed by atoms with Crippen LogP contribution in [0.4, 0.5) is 0 Å². The maximum atomic E-state index is 12.3. The minimum Gasteiger partial charge on any atom is -0.392 e. The molecule has 2 aromatic rings. The lowest BCUT2D eigenvalue weighted by molar-refractivity contribution is 0.281. The van der Waals surface area contributed by atoms with Gasteiger partial charge in [0, 0.05) is 12.2 Å². The van der Waals surface area contributed by atoms with Gasteiger partial charge in [-0.05, 0) is 35.6 Å². The summed E-state index contributed by atoms with van der Waals surface area (Å²) in [6.07, 6.45) is 2.77. The van der Waals surface area contributed by atoms with Crippen LogP contribution >= 0.6 is 0 Å². The third-order valence-corrected chi connectivity index (χ3v) is 5.06. The molecule has 0 unspecified atom stereocenters. The molecule has 1 aromatic carbocycles. The van der Waals surface area contributed by atoms with Crippen LogP contribution in [0.3, 0.4) is 0 Å². The van der Waals surface area contributed by atoms with Gasteiger partial charge in [0.05, 0.1) is 6.61 Å². The van der Waals surface area contributed by atoms with Gasteiger partial charge in [-0.25, -0.2) is 18.1 Å². The van der Waals surface area contributed by atoms with Gasteiger partial charge in [0.25, 0.3) is 10.0 Å². The molecule has 0 amide bonds. The summed E-state index contributed by atoms with van der Waals surface area (Å²) in [6, 6.07) is 10.8. The summed E-state index contributed by atoms with van der Waals surface area (Å²) in [5.41, 5.74) is 2.96. The predicted octanol–water partition coefficient (Wildman–Crippen LogP) is 1.02. The van der Waals surface area contributed by atoms with Crippen molar-refractivity contribution in [3.63, 3.8) is 0 Å². The number of hydrogen-bond acceptors (Lipinski definition) is 4. The Balaban J connectivity index is 1.75. The van der Waals surface area contributed by atoms with Gasteiger partial charge in [0.1, 0.15) is 0 Å². The Morgan fingerprint density at radius 2 is 1.81 bits per heavy atom. The van der Waals surface area contributed by atoms with Crippen molar-refractivity contribution in [2.75, 3.05) is 0 Å². The second-order valence-corrected chi connectivity index (χ2v) is 6.82. The smallest absolute Gasteiger partial charge is 0.258 e. The van der Waals surface area contributed by atoms with E-state index in [0.29, 0.717) is 18.4 Å². The maximum absolute atomic E-state index is 12.3. The summed E-state index contributed by atoms with van der Waals surface area (Å²) >= 11 is 0. The first-order valence-electron chi connectivity index (χ1n) is 6.73. The van der Waals surface area contributed by atoms with E-state index in [0.717, 1.165) is 0 Å². The van der Waals surface area contributed by atoms with E-state index in [1.165, 1.54) is 23.4 Å². The minimum absolute atomic E-state index is 0.0179. The quantitative estimate of drug-likeness (QED) is 0.884. The minimum atomic E-state index is -3.63. The third-order valence-electron chi connectivity index (χ3n) is 3.63. The van der Waals surface area contributed by atoms with Crippen LogP contribution in [0, 0.1) is 0 Å². The number of aliphatic hydroxyl groups excluding tert-OH is 1. The summed E-state index contributed by atoms with van der Waals surface area (Å²) in [5, 5.41) is 8.94. The molecule has 0 bridgehead atoms. The van der Waals surface area contributed by atoms with Crippen molar-refractivity contribution in [1.29, 1.82) is 0 Å². The molecule has 1 aliphatic rings. The number of pyridine rings is 1. The van der Waals surface area contributed by atoms with Crippen LogP contribution in [-0.4, -0.2) is 24.6 Å². The zero-order valence-corrected chi connectivity index (χ0v) is 12.2. The van der Waals surface area contributed by atoms with Crippen molar-refractivity contribution in [1.82, 2.24) is 9.71 Å².